The zero-order chi connectivity index (χ0) is 13.0. The zero-order valence-electron chi connectivity index (χ0n) is 10.7. The van der Waals surface area contributed by atoms with Gasteiger partial charge in [0.25, 0.3) is 0 Å². The Bertz CT molecular complexity index is 434. The molecule has 98 valence electrons. The van der Waals surface area contributed by atoms with Gasteiger partial charge in [-0.05, 0) is 24.8 Å². The van der Waals surface area contributed by atoms with E-state index in [2.05, 4.69) is 18.1 Å². The second-order valence-corrected chi connectivity index (χ2v) is 6.34. The zero-order valence-corrected chi connectivity index (χ0v) is 11.5. The van der Waals surface area contributed by atoms with Crippen LogP contribution in [0.4, 0.5) is 0 Å². The molecule has 2 unspecified atom stereocenters. The summed E-state index contributed by atoms with van der Waals surface area (Å²) in [4.78, 5) is 1.12. The Labute approximate surface area is 112 Å². The standard InChI is InChI=1S/C14H20N2OS/c1-10-5-4-6-11(9-10)18-13-8-3-2-7-12(13)14(15)16-17/h2-3,7-8,10-11,17H,4-6,9H2,1H3,(H2,15,16). The lowest BCUT2D eigenvalue weighted by Gasteiger charge is -2.26. The van der Waals surface area contributed by atoms with Crippen LogP contribution in [-0.4, -0.2) is 16.3 Å². The third-order valence-corrected chi connectivity index (χ3v) is 4.82. The van der Waals surface area contributed by atoms with Gasteiger partial charge in [-0.25, -0.2) is 0 Å². The fourth-order valence-corrected chi connectivity index (χ4v) is 4.03. The lowest BCUT2D eigenvalue weighted by molar-refractivity contribution is 0.318. The van der Waals surface area contributed by atoms with Gasteiger partial charge in [-0.3, -0.25) is 0 Å². The van der Waals surface area contributed by atoms with E-state index in [4.69, 9.17) is 10.9 Å². The summed E-state index contributed by atoms with van der Waals surface area (Å²) in [6.07, 6.45) is 5.18. The van der Waals surface area contributed by atoms with Crippen LogP contribution in [0.5, 0.6) is 0 Å². The molecule has 1 aromatic carbocycles. The first-order valence-electron chi connectivity index (χ1n) is 6.44. The Balaban J connectivity index is 2.13. The molecule has 0 radical (unpaired) electrons. The van der Waals surface area contributed by atoms with E-state index in [0.29, 0.717) is 5.25 Å². The summed E-state index contributed by atoms with van der Waals surface area (Å²) in [5.41, 5.74) is 6.55. The smallest absolute Gasteiger partial charge is 0.171 e. The van der Waals surface area contributed by atoms with Crippen molar-refractivity contribution < 1.29 is 5.21 Å². The number of nitrogens with two attached hydrogens (primary N) is 1. The molecule has 0 bridgehead atoms. The van der Waals surface area contributed by atoms with Gasteiger partial charge in [-0.1, -0.05) is 43.1 Å². The molecule has 1 aliphatic carbocycles. The molecular formula is C14H20N2OS. The normalized spacial score (nSPS) is 25.1. The first-order chi connectivity index (χ1) is 8.70. The number of rotatable bonds is 3. The van der Waals surface area contributed by atoms with E-state index in [-0.39, 0.29) is 5.84 Å². The summed E-state index contributed by atoms with van der Waals surface area (Å²) in [5.74, 6) is 1.01. The van der Waals surface area contributed by atoms with E-state index in [1.807, 2.05) is 30.0 Å². The molecule has 2 rings (SSSR count). The molecule has 0 saturated heterocycles. The van der Waals surface area contributed by atoms with Crippen LogP contribution in [0.25, 0.3) is 0 Å². The monoisotopic (exact) mass is 264 g/mol. The summed E-state index contributed by atoms with van der Waals surface area (Å²) in [5, 5.41) is 12.6. The Hall–Kier alpha value is -1.16. The van der Waals surface area contributed by atoms with Crippen molar-refractivity contribution in [3.63, 3.8) is 0 Å². The lowest BCUT2D eigenvalue weighted by Crippen LogP contribution is -2.17. The van der Waals surface area contributed by atoms with Crippen LogP contribution in [0.2, 0.25) is 0 Å². The average Bonchev–Trinajstić information content (AvgIpc) is 2.38. The number of hydrogen-bond donors (Lipinski definition) is 2. The molecule has 18 heavy (non-hydrogen) atoms. The van der Waals surface area contributed by atoms with E-state index in [0.717, 1.165) is 16.4 Å². The number of benzene rings is 1. The molecular weight excluding hydrogens is 244 g/mol. The summed E-state index contributed by atoms with van der Waals surface area (Å²) in [6, 6.07) is 7.88. The molecule has 3 N–H and O–H groups in total. The van der Waals surface area contributed by atoms with Gasteiger partial charge >= 0.3 is 0 Å². The predicted octanol–water partition coefficient (Wildman–Crippen LogP) is 3.45. The minimum Gasteiger partial charge on any atom is -0.409 e. The third-order valence-electron chi connectivity index (χ3n) is 3.45. The third kappa shape index (κ3) is 3.19. The molecule has 0 aliphatic heterocycles. The molecule has 4 heteroatoms. The maximum Gasteiger partial charge on any atom is 0.171 e. The minimum atomic E-state index is 0.196. The number of amidine groups is 1. The van der Waals surface area contributed by atoms with Crippen LogP contribution in [0.1, 0.15) is 38.2 Å². The fraction of sp³-hybridized carbons (Fsp3) is 0.500. The lowest BCUT2D eigenvalue weighted by atomic mass is 9.91. The van der Waals surface area contributed by atoms with Gasteiger partial charge < -0.3 is 10.9 Å². The fourth-order valence-electron chi connectivity index (χ4n) is 2.50. The van der Waals surface area contributed by atoms with E-state index in [1.54, 1.807) is 0 Å². The van der Waals surface area contributed by atoms with Crippen molar-refractivity contribution in [2.75, 3.05) is 0 Å². The number of hydrogen-bond acceptors (Lipinski definition) is 3. The van der Waals surface area contributed by atoms with Gasteiger partial charge in [0, 0.05) is 15.7 Å². The summed E-state index contributed by atoms with van der Waals surface area (Å²) in [7, 11) is 0. The van der Waals surface area contributed by atoms with Crippen LogP contribution < -0.4 is 5.73 Å². The second kappa shape index (κ2) is 6.14. The number of nitrogens with zero attached hydrogens (tertiary/aromatic N) is 1. The van der Waals surface area contributed by atoms with Crippen molar-refractivity contribution in [2.24, 2.45) is 16.8 Å². The Morgan fingerprint density at radius 2 is 2.17 bits per heavy atom. The van der Waals surface area contributed by atoms with E-state index >= 15 is 0 Å². The minimum absolute atomic E-state index is 0.196. The highest BCUT2D eigenvalue weighted by Crippen LogP contribution is 2.37. The van der Waals surface area contributed by atoms with Crippen molar-refractivity contribution >= 4 is 17.6 Å². The molecule has 3 nitrogen and oxygen atoms in total. The molecule has 0 aromatic heterocycles. The summed E-state index contributed by atoms with van der Waals surface area (Å²) >= 11 is 1.87. The van der Waals surface area contributed by atoms with Gasteiger partial charge in [-0.15, -0.1) is 11.8 Å². The largest absolute Gasteiger partial charge is 0.409 e. The second-order valence-electron chi connectivity index (χ2n) is 4.99. The molecule has 1 aliphatic rings. The van der Waals surface area contributed by atoms with Gasteiger partial charge in [0.05, 0.1) is 0 Å². The first kappa shape index (κ1) is 13.3. The number of thioether (sulfide) groups is 1. The molecule has 1 aromatic rings. The van der Waals surface area contributed by atoms with Crippen molar-refractivity contribution in [1.29, 1.82) is 0 Å². The molecule has 2 atom stereocenters. The molecule has 0 heterocycles. The Morgan fingerprint density at radius 3 is 2.89 bits per heavy atom. The first-order valence-corrected chi connectivity index (χ1v) is 7.32. The topological polar surface area (TPSA) is 58.6 Å². The highest BCUT2D eigenvalue weighted by atomic mass is 32.2. The predicted molar refractivity (Wildman–Crippen MR) is 76.2 cm³/mol. The number of oxime groups is 1. The van der Waals surface area contributed by atoms with Gasteiger partial charge in [0.1, 0.15) is 0 Å². The van der Waals surface area contributed by atoms with Crippen molar-refractivity contribution in [2.45, 2.75) is 42.8 Å². The molecule has 0 spiro atoms. The van der Waals surface area contributed by atoms with Crippen LogP contribution >= 0.6 is 11.8 Å². The summed E-state index contributed by atoms with van der Waals surface area (Å²) in [6.45, 7) is 2.32. The molecule has 1 fully saturated rings. The van der Waals surface area contributed by atoms with E-state index < -0.39 is 0 Å². The van der Waals surface area contributed by atoms with E-state index in [1.165, 1.54) is 25.7 Å². The van der Waals surface area contributed by atoms with Crippen molar-refractivity contribution in [1.82, 2.24) is 0 Å². The van der Waals surface area contributed by atoms with Crippen molar-refractivity contribution in [3.8, 4) is 0 Å². The van der Waals surface area contributed by atoms with Crippen LogP contribution in [-0.2, 0) is 0 Å². The van der Waals surface area contributed by atoms with Crippen LogP contribution in [0, 0.1) is 5.92 Å². The van der Waals surface area contributed by atoms with Gasteiger partial charge in [-0.2, -0.15) is 0 Å². The molecule has 0 amide bonds. The maximum atomic E-state index is 8.81. The van der Waals surface area contributed by atoms with Gasteiger partial charge in [0.2, 0.25) is 0 Å². The summed E-state index contributed by atoms with van der Waals surface area (Å²) < 4.78 is 0. The van der Waals surface area contributed by atoms with Crippen LogP contribution in [0.15, 0.2) is 34.3 Å². The van der Waals surface area contributed by atoms with Crippen LogP contribution in [0.3, 0.4) is 0 Å². The Kier molecular flexibility index (Phi) is 4.53. The highest BCUT2D eigenvalue weighted by Gasteiger charge is 2.21. The average molecular weight is 264 g/mol. The molecule has 1 saturated carbocycles. The maximum absolute atomic E-state index is 8.81. The highest BCUT2D eigenvalue weighted by molar-refractivity contribution is 8.00. The van der Waals surface area contributed by atoms with Crippen molar-refractivity contribution in [3.05, 3.63) is 29.8 Å². The quantitative estimate of drug-likeness (QED) is 0.380. The van der Waals surface area contributed by atoms with E-state index in [9.17, 15) is 0 Å². The Morgan fingerprint density at radius 1 is 1.39 bits per heavy atom. The SMILES string of the molecule is CC1CCCC(Sc2ccccc2C(N)=NO)C1. The van der Waals surface area contributed by atoms with Gasteiger partial charge in [0.15, 0.2) is 5.84 Å².